The molecule has 2 rings (SSSR count). The molecule has 0 fully saturated rings. The maximum Gasteiger partial charge on any atom is 0.126 e. The maximum atomic E-state index is 10.8. The van der Waals surface area contributed by atoms with Crippen LogP contribution in [0.2, 0.25) is 0 Å². The number of nitrogens with zero attached hydrogens (tertiary/aromatic N) is 1. The summed E-state index contributed by atoms with van der Waals surface area (Å²) >= 11 is 0. The van der Waals surface area contributed by atoms with Crippen molar-refractivity contribution in [2.75, 3.05) is 19.6 Å². The summed E-state index contributed by atoms with van der Waals surface area (Å²) < 4.78 is 0. The summed E-state index contributed by atoms with van der Waals surface area (Å²) in [5.74, 6) is -0.211. The second-order valence-electron chi connectivity index (χ2n) is 8.18. The lowest BCUT2D eigenvalue weighted by molar-refractivity contribution is 0.172. The zero-order valence-corrected chi connectivity index (χ0v) is 19.0. The summed E-state index contributed by atoms with van der Waals surface area (Å²) in [5.41, 5.74) is 1.77. The van der Waals surface area contributed by atoms with Crippen molar-refractivity contribution in [3.05, 3.63) is 46.5 Å². The van der Waals surface area contributed by atoms with E-state index in [-0.39, 0.29) is 46.7 Å². The Morgan fingerprint density at radius 1 is 0.793 bits per heavy atom. The average molecular weight is 424 g/mol. The monoisotopic (exact) mass is 423 g/mol. The first-order valence-corrected chi connectivity index (χ1v) is 9.80. The van der Waals surface area contributed by atoms with Gasteiger partial charge in [0.05, 0.1) is 0 Å². The van der Waals surface area contributed by atoms with E-state index >= 15 is 0 Å². The zero-order valence-electron chi connectivity index (χ0n) is 18.2. The van der Waals surface area contributed by atoms with Gasteiger partial charge in [0.15, 0.2) is 0 Å². The molecule has 0 saturated heterocycles. The Labute approximate surface area is 180 Å². The van der Waals surface area contributed by atoms with Gasteiger partial charge < -0.3 is 25.3 Å². The summed E-state index contributed by atoms with van der Waals surface area (Å²) in [6.07, 6.45) is 0. The SMILES string of the molecule is CCN(CC)CC(C)(C)C(c1ccc(O)c(C)c1O)c1ccc(O)c(C)c1O.Cl. The number of hydrogen-bond donors (Lipinski definition) is 4. The highest BCUT2D eigenvalue weighted by molar-refractivity contribution is 5.85. The van der Waals surface area contributed by atoms with Crippen molar-refractivity contribution in [2.24, 2.45) is 5.41 Å². The molecule has 2 aromatic rings. The third-order valence-corrected chi connectivity index (χ3v) is 5.80. The molecule has 0 saturated carbocycles. The number of phenolic OH excluding ortho intramolecular Hbond substituents is 4. The van der Waals surface area contributed by atoms with E-state index in [4.69, 9.17) is 0 Å². The van der Waals surface area contributed by atoms with Crippen molar-refractivity contribution in [3.8, 4) is 23.0 Å². The summed E-state index contributed by atoms with van der Waals surface area (Å²) in [6.45, 7) is 14.3. The first-order valence-electron chi connectivity index (χ1n) is 9.80. The van der Waals surface area contributed by atoms with Crippen LogP contribution in [0.4, 0.5) is 0 Å². The van der Waals surface area contributed by atoms with E-state index in [1.165, 1.54) is 0 Å². The number of halogens is 1. The minimum Gasteiger partial charge on any atom is -0.508 e. The number of aromatic hydroxyl groups is 4. The topological polar surface area (TPSA) is 84.2 Å². The van der Waals surface area contributed by atoms with Crippen LogP contribution in [0.1, 0.15) is 55.9 Å². The molecule has 0 amide bonds. The minimum atomic E-state index is -0.353. The Morgan fingerprint density at radius 2 is 1.17 bits per heavy atom. The van der Waals surface area contributed by atoms with E-state index in [1.54, 1.807) is 38.1 Å². The normalized spacial score (nSPS) is 11.7. The highest BCUT2D eigenvalue weighted by Gasteiger charge is 2.37. The second-order valence-corrected chi connectivity index (χ2v) is 8.18. The number of rotatable bonds is 7. The van der Waals surface area contributed by atoms with Gasteiger partial charge in [0, 0.05) is 34.7 Å². The van der Waals surface area contributed by atoms with Crippen LogP contribution < -0.4 is 0 Å². The molecule has 0 heterocycles. The second kappa shape index (κ2) is 9.59. The fourth-order valence-electron chi connectivity index (χ4n) is 4.01. The molecule has 0 atom stereocenters. The lowest BCUT2D eigenvalue weighted by Crippen LogP contribution is -2.38. The van der Waals surface area contributed by atoms with Crippen molar-refractivity contribution in [3.63, 3.8) is 0 Å². The van der Waals surface area contributed by atoms with Gasteiger partial charge in [-0.1, -0.05) is 39.8 Å². The van der Waals surface area contributed by atoms with Gasteiger partial charge in [-0.2, -0.15) is 0 Å². The molecule has 2 aromatic carbocycles. The third kappa shape index (κ3) is 4.90. The zero-order chi connectivity index (χ0) is 21.2. The summed E-state index contributed by atoms with van der Waals surface area (Å²) in [4.78, 5) is 2.31. The van der Waals surface area contributed by atoms with Gasteiger partial charge in [0.1, 0.15) is 23.0 Å². The predicted molar refractivity (Wildman–Crippen MR) is 120 cm³/mol. The molecule has 0 bridgehead atoms. The number of benzene rings is 2. The molecule has 29 heavy (non-hydrogen) atoms. The van der Waals surface area contributed by atoms with Crippen LogP contribution in [0.25, 0.3) is 0 Å². The van der Waals surface area contributed by atoms with Crippen LogP contribution in [0.3, 0.4) is 0 Å². The van der Waals surface area contributed by atoms with E-state index in [1.807, 2.05) is 0 Å². The van der Waals surface area contributed by atoms with E-state index in [2.05, 4.69) is 32.6 Å². The Balaban J connectivity index is 0.00000420. The lowest BCUT2D eigenvalue weighted by atomic mass is 9.69. The highest BCUT2D eigenvalue weighted by atomic mass is 35.5. The smallest absolute Gasteiger partial charge is 0.126 e. The third-order valence-electron chi connectivity index (χ3n) is 5.80. The van der Waals surface area contributed by atoms with E-state index < -0.39 is 0 Å². The molecule has 0 radical (unpaired) electrons. The van der Waals surface area contributed by atoms with Crippen LogP contribution in [0.15, 0.2) is 24.3 Å². The molecule has 5 nitrogen and oxygen atoms in total. The van der Waals surface area contributed by atoms with Crippen molar-refractivity contribution in [2.45, 2.75) is 47.5 Å². The Morgan fingerprint density at radius 3 is 1.52 bits per heavy atom. The van der Waals surface area contributed by atoms with Gasteiger partial charge in [0.25, 0.3) is 0 Å². The molecule has 0 unspecified atom stereocenters. The van der Waals surface area contributed by atoms with Crippen LogP contribution >= 0.6 is 12.4 Å². The Hall–Kier alpha value is -2.11. The molecule has 4 N–H and O–H groups in total. The fourth-order valence-corrected chi connectivity index (χ4v) is 4.01. The van der Waals surface area contributed by atoms with Crippen molar-refractivity contribution < 1.29 is 20.4 Å². The average Bonchev–Trinajstić information content (AvgIpc) is 2.66. The van der Waals surface area contributed by atoms with Gasteiger partial charge in [0.2, 0.25) is 0 Å². The minimum absolute atomic E-state index is 0. The van der Waals surface area contributed by atoms with Gasteiger partial charge in [-0.15, -0.1) is 12.4 Å². The van der Waals surface area contributed by atoms with E-state index in [9.17, 15) is 20.4 Å². The summed E-state index contributed by atoms with van der Waals surface area (Å²) in [7, 11) is 0. The van der Waals surface area contributed by atoms with Crippen molar-refractivity contribution in [1.82, 2.24) is 4.90 Å². The molecule has 0 aliphatic heterocycles. The van der Waals surface area contributed by atoms with E-state index in [0.29, 0.717) is 22.3 Å². The van der Waals surface area contributed by atoms with Crippen LogP contribution in [0, 0.1) is 19.3 Å². The van der Waals surface area contributed by atoms with Crippen LogP contribution in [-0.4, -0.2) is 45.0 Å². The van der Waals surface area contributed by atoms with Gasteiger partial charge >= 0.3 is 0 Å². The first kappa shape index (κ1) is 24.9. The molecule has 0 aromatic heterocycles. The largest absolute Gasteiger partial charge is 0.508 e. The van der Waals surface area contributed by atoms with Crippen molar-refractivity contribution in [1.29, 1.82) is 0 Å². The molecule has 0 aliphatic carbocycles. The van der Waals surface area contributed by atoms with Gasteiger partial charge in [-0.3, -0.25) is 0 Å². The van der Waals surface area contributed by atoms with E-state index in [0.717, 1.165) is 19.6 Å². The molecule has 0 aliphatic rings. The molecular formula is C23H34ClNO4. The lowest BCUT2D eigenvalue weighted by Gasteiger charge is -2.39. The summed E-state index contributed by atoms with van der Waals surface area (Å²) in [5, 5.41) is 41.6. The quantitative estimate of drug-likeness (QED) is 0.501. The molecule has 0 spiro atoms. The molecular weight excluding hydrogens is 390 g/mol. The standard InChI is InChI=1S/C23H33NO4.ClH/c1-7-24(8-2)13-23(5,6)20(16-9-11-18(25)14(3)21(16)27)17-10-12-19(26)15(4)22(17)28;/h9-12,20,25-28H,7-8,13H2,1-6H3;1H. The van der Waals surface area contributed by atoms with Gasteiger partial charge in [-0.25, -0.2) is 0 Å². The van der Waals surface area contributed by atoms with Crippen LogP contribution in [-0.2, 0) is 0 Å². The van der Waals surface area contributed by atoms with Gasteiger partial charge in [-0.05, 0) is 44.5 Å². The van der Waals surface area contributed by atoms with Crippen molar-refractivity contribution >= 4 is 12.4 Å². The van der Waals surface area contributed by atoms with Crippen LogP contribution in [0.5, 0.6) is 23.0 Å². The fraction of sp³-hybridized carbons (Fsp3) is 0.478. The Bertz CT molecular complexity index is 790. The number of phenols is 4. The Kier molecular flexibility index (Phi) is 8.25. The summed E-state index contributed by atoms with van der Waals surface area (Å²) in [6, 6.07) is 6.59. The molecule has 162 valence electrons. The number of hydrogen-bond acceptors (Lipinski definition) is 5. The highest BCUT2D eigenvalue weighted by Crippen LogP contribution is 2.50. The first-order chi connectivity index (χ1) is 13.0. The maximum absolute atomic E-state index is 10.8. The molecule has 6 heteroatoms. The predicted octanol–water partition coefficient (Wildman–Crippen LogP) is 5.05.